The summed E-state index contributed by atoms with van der Waals surface area (Å²) in [6.07, 6.45) is 6.22. The maximum Gasteiger partial charge on any atom is 0.244 e. The molecular formula is C17H23N3O2S. The molecule has 1 heterocycles. The van der Waals surface area contributed by atoms with E-state index in [-0.39, 0.29) is 10.9 Å². The third kappa shape index (κ3) is 3.48. The van der Waals surface area contributed by atoms with Gasteiger partial charge in [0.15, 0.2) is 0 Å². The predicted molar refractivity (Wildman–Crippen MR) is 89.6 cm³/mol. The summed E-state index contributed by atoms with van der Waals surface area (Å²) >= 11 is 0. The number of aromatic nitrogens is 2. The fourth-order valence-electron chi connectivity index (χ4n) is 3.19. The number of hydrogen-bond donors (Lipinski definition) is 1. The van der Waals surface area contributed by atoms with E-state index in [0.717, 1.165) is 18.4 Å². The van der Waals surface area contributed by atoms with Crippen molar-refractivity contribution >= 4 is 10.0 Å². The Morgan fingerprint density at radius 1 is 1.22 bits per heavy atom. The molecule has 1 unspecified atom stereocenters. The van der Waals surface area contributed by atoms with Gasteiger partial charge in [-0.15, -0.1) is 0 Å². The molecule has 5 nitrogen and oxygen atoms in total. The largest absolute Gasteiger partial charge is 0.268 e. The molecule has 1 N–H and O–H groups in total. The van der Waals surface area contributed by atoms with E-state index in [2.05, 4.69) is 9.82 Å². The molecule has 0 saturated heterocycles. The van der Waals surface area contributed by atoms with Crippen molar-refractivity contribution in [2.24, 2.45) is 0 Å². The second kappa shape index (κ2) is 6.45. The maximum atomic E-state index is 12.7. The van der Waals surface area contributed by atoms with Crippen LogP contribution in [0.25, 0.3) is 0 Å². The Morgan fingerprint density at radius 2 is 1.87 bits per heavy atom. The molecule has 6 heteroatoms. The zero-order valence-electron chi connectivity index (χ0n) is 13.6. The highest BCUT2D eigenvalue weighted by molar-refractivity contribution is 7.89. The lowest BCUT2D eigenvalue weighted by Gasteiger charge is -2.14. The summed E-state index contributed by atoms with van der Waals surface area (Å²) in [5.74, 6) is 0. The van der Waals surface area contributed by atoms with Gasteiger partial charge in [0.25, 0.3) is 0 Å². The first kappa shape index (κ1) is 16.2. The quantitative estimate of drug-likeness (QED) is 0.912. The minimum absolute atomic E-state index is 0.282. The molecule has 0 bridgehead atoms. The minimum atomic E-state index is -3.58. The van der Waals surface area contributed by atoms with Gasteiger partial charge in [0.1, 0.15) is 4.90 Å². The molecule has 0 aliphatic heterocycles. The van der Waals surface area contributed by atoms with Crippen molar-refractivity contribution in [3.63, 3.8) is 0 Å². The number of rotatable bonds is 5. The van der Waals surface area contributed by atoms with Crippen molar-refractivity contribution in [2.45, 2.75) is 56.5 Å². The molecule has 1 aromatic heterocycles. The number of benzene rings is 1. The van der Waals surface area contributed by atoms with E-state index in [1.165, 1.54) is 12.8 Å². The predicted octanol–water partition coefficient (Wildman–Crippen LogP) is 3.35. The Labute approximate surface area is 137 Å². The van der Waals surface area contributed by atoms with Crippen molar-refractivity contribution in [1.29, 1.82) is 0 Å². The van der Waals surface area contributed by atoms with Crippen LogP contribution in [0.4, 0.5) is 0 Å². The molecule has 0 amide bonds. The van der Waals surface area contributed by atoms with Gasteiger partial charge in [0.2, 0.25) is 10.0 Å². The summed E-state index contributed by atoms with van der Waals surface area (Å²) in [6, 6.07) is 9.62. The van der Waals surface area contributed by atoms with Gasteiger partial charge < -0.3 is 0 Å². The second-order valence-electron chi connectivity index (χ2n) is 6.25. The van der Waals surface area contributed by atoms with Crippen LogP contribution in [0.1, 0.15) is 55.9 Å². The molecule has 3 rings (SSSR count). The van der Waals surface area contributed by atoms with Crippen molar-refractivity contribution in [3.05, 3.63) is 47.8 Å². The number of nitrogens with zero attached hydrogens (tertiary/aromatic N) is 2. The normalized spacial score (nSPS) is 17.5. The third-order valence-corrected chi connectivity index (χ3v) is 6.14. The third-order valence-electron chi connectivity index (χ3n) is 4.49. The number of hydrogen-bond acceptors (Lipinski definition) is 3. The monoisotopic (exact) mass is 333 g/mol. The number of aryl methyl sites for hydroxylation is 1. The van der Waals surface area contributed by atoms with Gasteiger partial charge in [0.05, 0.1) is 11.7 Å². The van der Waals surface area contributed by atoms with Crippen molar-refractivity contribution in [1.82, 2.24) is 14.5 Å². The first-order valence-electron chi connectivity index (χ1n) is 8.10. The SMILES string of the molecule is Cc1nn(C2CCCC2)cc1S(=O)(=O)NC(C)c1ccccc1. The highest BCUT2D eigenvalue weighted by Crippen LogP contribution is 2.30. The van der Waals surface area contributed by atoms with Crippen LogP contribution in [0.2, 0.25) is 0 Å². The van der Waals surface area contributed by atoms with Crippen LogP contribution in [0.5, 0.6) is 0 Å². The topological polar surface area (TPSA) is 64.0 Å². The first-order chi connectivity index (χ1) is 11.0. The lowest BCUT2D eigenvalue weighted by atomic mass is 10.1. The fraction of sp³-hybridized carbons (Fsp3) is 0.471. The first-order valence-corrected chi connectivity index (χ1v) is 9.59. The van der Waals surface area contributed by atoms with E-state index >= 15 is 0 Å². The molecule has 124 valence electrons. The molecule has 1 atom stereocenters. The van der Waals surface area contributed by atoms with Crippen LogP contribution in [-0.4, -0.2) is 18.2 Å². The molecule has 1 saturated carbocycles. The summed E-state index contributed by atoms with van der Waals surface area (Å²) in [6.45, 7) is 3.61. The molecule has 1 aliphatic rings. The Kier molecular flexibility index (Phi) is 4.55. The van der Waals surface area contributed by atoms with E-state index < -0.39 is 10.0 Å². The van der Waals surface area contributed by atoms with Gasteiger partial charge in [-0.05, 0) is 32.3 Å². The minimum Gasteiger partial charge on any atom is -0.268 e. The molecule has 1 aromatic carbocycles. The lowest BCUT2D eigenvalue weighted by molar-refractivity contribution is 0.464. The molecule has 1 fully saturated rings. The maximum absolute atomic E-state index is 12.7. The molecule has 2 aromatic rings. The van der Waals surface area contributed by atoms with Gasteiger partial charge in [0, 0.05) is 12.2 Å². The van der Waals surface area contributed by atoms with E-state index in [9.17, 15) is 8.42 Å². The zero-order valence-corrected chi connectivity index (χ0v) is 14.4. The summed E-state index contributed by atoms with van der Waals surface area (Å²) in [5, 5.41) is 4.44. The van der Waals surface area contributed by atoms with Crippen molar-refractivity contribution in [2.75, 3.05) is 0 Å². The highest BCUT2D eigenvalue weighted by Gasteiger charge is 2.26. The van der Waals surface area contributed by atoms with Crippen LogP contribution >= 0.6 is 0 Å². The van der Waals surface area contributed by atoms with E-state index in [4.69, 9.17) is 0 Å². The number of nitrogens with one attached hydrogen (secondary N) is 1. The summed E-state index contributed by atoms with van der Waals surface area (Å²) in [5.41, 5.74) is 1.50. The summed E-state index contributed by atoms with van der Waals surface area (Å²) in [4.78, 5) is 0.284. The summed E-state index contributed by atoms with van der Waals surface area (Å²) in [7, 11) is -3.58. The van der Waals surface area contributed by atoms with E-state index in [1.54, 1.807) is 13.1 Å². The van der Waals surface area contributed by atoms with Gasteiger partial charge in [-0.2, -0.15) is 5.10 Å². The second-order valence-corrected chi connectivity index (χ2v) is 7.93. The van der Waals surface area contributed by atoms with Crippen molar-refractivity contribution < 1.29 is 8.42 Å². The molecule has 0 radical (unpaired) electrons. The van der Waals surface area contributed by atoms with E-state index in [1.807, 2.05) is 41.9 Å². The van der Waals surface area contributed by atoms with Crippen LogP contribution in [0, 0.1) is 6.92 Å². The molecule has 1 aliphatic carbocycles. The average Bonchev–Trinajstić information content (AvgIpc) is 3.17. The fourth-order valence-corrected chi connectivity index (χ4v) is 4.60. The average molecular weight is 333 g/mol. The standard InChI is InChI=1S/C17H23N3O2S/c1-13(15-8-4-3-5-9-15)19-23(21,22)17-12-20(18-14(17)2)16-10-6-7-11-16/h3-5,8-9,12-13,16,19H,6-7,10-11H2,1-2H3. The van der Waals surface area contributed by atoms with Crippen LogP contribution < -0.4 is 4.72 Å². The Balaban J connectivity index is 1.82. The van der Waals surface area contributed by atoms with Crippen LogP contribution in [0.3, 0.4) is 0 Å². The van der Waals surface area contributed by atoms with E-state index in [0.29, 0.717) is 11.7 Å². The molecule has 0 spiro atoms. The Bertz CT molecular complexity index is 762. The smallest absolute Gasteiger partial charge is 0.244 e. The van der Waals surface area contributed by atoms with Gasteiger partial charge in [-0.25, -0.2) is 13.1 Å². The van der Waals surface area contributed by atoms with Crippen LogP contribution in [-0.2, 0) is 10.0 Å². The lowest BCUT2D eigenvalue weighted by Crippen LogP contribution is -2.27. The highest BCUT2D eigenvalue weighted by atomic mass is 32.2. The Morgan fingerprint density at radius 3 is 2.52 bits per heavy atom. The molecule has 23 heavy (non-hydrogen) atoms. The molecular weight excluding hydrogens is 310 g/mol. The Hall–Kier alpha value is -1.66. The van der Waals surface area contributed by atoms with Gasteiger partial charge in [-0.3, -0.25) is 4.68 Å². The zero-order chi connectivity index (χ0) is 16.4. The summed E-state index contributed by atoms with van der Waals surface area (Å²) < 4.78 is 30.0. The van der Waals surface area contributed by atoms with Crippen molar-refractivity contribution in [3.8, 4) is 0 Å². The van der Waals surface area contributed by atoms with Gasteiger partial charge in [-0.1, -0.05) is 43.2 Å². The van der Waals surface area contributed by atoms with Gasteiger partial charge >= 0.3 is 0 Å². The van der Waals surface area contributed by atoms with Crippen LogP contribution in [0.15, 0.2) is 41.4 Å². The number of sulfonamides is 1.